The highest BCUT2D eigenvalue weighted by molar-refractivity contribution is 7.18. The second-order valence-electron chi connectivity index (χ2n) is 3.84. The highest BCUT2D eigenvalue weighted by atomic mass is 35.5. The van der Waals surface area contributed by atoms with Crippen LogP contribution in [0.1, 0.15) is 16.6 Å². The molecule has 0 bridgehead atoms. The van der Waals surface area contributed by atoms with Crippen molar-refractivity contribution < 1.29 is 4.79 Å². The van der Waals surface area contributed by atoms with Crippen LogP contribution in [0.3, 0.4) is 0 Å². The Morgan fingerprint density at radius 3 is 2.63 bits per heavy atom. The molecular weight excluding hydrogens is 288 g/mol. The van der Waals surface area contributed by atoms with Crippen LogP contribution < -0.4 is 11.2 Å². The smallest absolute Gasteiger partial charge is 0.301 e. The molecule has 0 saturated heterocycles. The maximum atomic E-state index is 12.0. The molecule has 0 unspecified atom stereocenters. The summed E-state index contributed by atoms with van der Waals surface area (Å²) in [6.07, 6.45) is 1.42. The number of halogens is 1. The molecule has 19 heavy (non-hydrogen) atoms. The van der Waals surface area contributed by atoms with Crippen LogP contribution in [0, 0.1) is 0 Å². The Labute approximate surface area is 117 Å². The van der Waals surface area contributed by atoms with Gasteiger partial charge in [0.1, 0.15) is 0 Å². The predicted octanol–water partition coefficient (Wildman–Crippen LogP) is 1.63. The first-order valence-electron chi connectivity index (χ1n) is 5.61. The summed E-state index contributed by atoms with van der Waals surface area (Å²) in [6.45, 7) is 1.96. The molecule has 5 nitrogen and oxygen atoms in total. The molecule has 0 aliphatic carbocycles. The van der Waals surface area contributed by atoms with E-state index in [0.717, 1.165) is 15.9 Å². The fourth-order valence-electron chi connectivity index (χ4n) is 1.63. The number of rotatable bonds is 4. The van der Waals surface area contributed by atoms with E-state index in [1.165, 1.54) is 16.8 Å². The van der Waals surface area contributed by atoms with E-state index in [9.17, 15) is 14.4 Å². The van der Waals surface area contributed by atoms with Crippen molar-refractivity contribution in [2.24, 2.45) is 0 Å². The number of hydrogen-bond acceptors (Lipinski definition) is 4. The Morgan fingerprint density at radius 2 is 2.05 bits per heavy atom. The molecule has 0 aliphatic heterocycles. The van der Waals surface area contributed by atoms with E-state index in [-0.39, 0.29) is 12.3 Å². The van der Waals surface area contributed by atoms with E-state index in [2.05, 4.69) is 0 Å². The van der Waals surface area contributed by atoms with Gasteiger partial charge in [-0.25, -0.2) is 4.79 Å². The lowest BCUT2D eigenvalue weighted by molar-refractivity contribution is 0.0972. The number of carbonyl (C=O) groups excluding carboxylic acids is 1. The van der Waals surface area contributed by atoms with Crippen LogP contribution in [0.25, 0.3) is 0 Å². The van der Waals surface area contributed by atoms with Crippen LogP contribution in [0.2, 0.25) is 4.34 Å². The standard InChI is InChI=1S/C12H11ClN2O3S/c1-2-14-6-5-11(17)15(12(14)18)7-8(16)9-3-4-10(13)19-9/h3-6H,2,7H2,1H3. The molecule has 100 valence electrons. The molecule has 0 spiro atoms. The van der Waals surface area contributed by atoms with Gasteiger partial charge in [-0.1, -0.05) is 11.6 Å². The van der Waals surface area contributed by atoms with E-state index < -0.39 is 11.2 Å². The molecule has 2 heterocycles. The summed E-state index contributed by atoms with van der Waals surface area (Å²) in [6, 6.07) is 4.47. The van der Waals surface area contributed by atoms with Crippen LogP contribution in [-0.2, 0) is 13.1 Å². The zero-order valence-corrected chi connectivity index (χ0v) is 11.7. The Balaban J connectivity index is 2.36. The minimum absolute atomic E-state index is 0.269. The van der Waals surface area contributed by atoms with Crippen LogP contribution in [0.15, 0.2) is 34.0 Å². The van der Waals surface area contributed by atoms with Crippen LogP contribution >= 0.6 is 22.9 Å². The van der Waals surface area contributed by atoms with Crippen molar-refractivity contribution in [2.75, 3.05) is 0 Å². The number of hydrogen-bond donors (Lipinski definition) is 0. The van der Waals surface area contributed by atoms with Gasteiger partial charge >= 0.3 is 5.69 Å². The van der Waals surface area contributed by atoms with Gasteiger partial charge in [-0.3, -0.25) is 14.2 Å². The zero-order chi connectivity index (χ0) is 14.0. The van der Waals surface area contributed by atoms with Crippen molar-refractivity contribution in [1.29, 1.82) is 0 Å². The largest absolute Gasteiger partial charge is 0.331 e. The highest BCUT2D eigenvalue weighted by Gasteiger charge is 2.13. The molecule has 0 N–H and O–H groups in total. The third-order valence-electron chi connectivity index (χ3n) is 2.63. The number of ketones is 1. The van der Waals surface area contributed by atoms with Crippen molar-refractivity contribution in [3.8, 4) is 0 Å². The predicted molar refractivity (Wildman–Crippen MR) is 74.3 cm³/mol. The molecule has 7 heteroatoms. The summed E-state index contributed by atoms with van der Waals surface area (Å²) in [5.74, 6) is -0.301. The summed E-state index contributed by atoms with van der Waals surface area (Å²) < 4.78 is 2.80. The minimum atomic E-state index is -0.481. The fourth-order valence-corrected chi connectivity index (χ4v) is 2.60. The quantitative estimate of drug-likeness (QED) is 0.806. The first-order valence-corrected chi connectivity index (χ1v) is 6.81. The summed E-state index contributed by atoms with van der Waals surface area (Å²) in [4.78, 5) is 36.0. The zero-order valence-electron chi connectivity index (χ0n) is 10.1. The van der Waals surface area contributed by atoms with Gasteiger partial charge < -0.3 is 4.57 Å². The van der Waals surface area contributed by atoms with Crippen LogP contribution in [0.4, 0.5) is 0 Å². The highest BCUT2D eigenvalue weighted by Crippen LogP contribution is 2.21. The first kappa shape index (κ1) is 13.8. The SMILES string of the molecule is CCn1ccc(=O)n(CC(=O)c2ccc(Cl)s2)c1=O. The van der Waals surface area contributed by atoms with Crippen molar-refractivity contribution >= 4 is 28.7 Å². The molecule has 2 aromatic rings. The van der Waals surface area contributed by atoms with Gasteiger partial charge in [0.05, 0.1) is 15.8 Å². The second-order valence-corrected chi connectivity index (χ2v) is 5.55. The average molecular weight is 299 g/mol. The first-order chi connectivity index (χ1) is 9.02. The van der Waals surface area contributed by atoms with Crippen molar-refractivity contribution in [3.05, 3.63) is 54.4 Å². The van der Waals surface area contributed by atoms with Gasteiger partial charge in [-0.05, 0) is 19.1 Å². The molecule has 2 aromatic heterocycles. The Bertz CT molecular complexity index is 729. The third kappa shape index (κ3) is 2.85. The monoisotopic (exact) mass is 298 g/mol. The minimum Gasteiger partial charge on any atom is -0.301 e. The molecule has 0 aliphatic rings. The maximum absolute atomic E-state index is 12.0. The van der Waals surface area contributed by atoms with Crippen LogP contribution in [-0.4, -0.2) is 14.9 Å². The summed E-state index contributed by atoms with van der Waals surface area (Å²) in [5.41, 5.74) is -0.961. The van der Waals surface area contributed by atoms with E-state index in [1.54, 1.807) is 19.1 Å². The summed E-state index contributed by atoms with van der Waals surface area (Å²) in [5, 5.41) is 0. The Kier molecular flexibility index (Phi) is 4.01. The third-order valence-corrected chi connectivity index (χ3v) is 3.90. The number of carbonyl (C=O) groups is 1. The average Bonchev–Trinajstić information content (AvgIpc) is 2.81. The summed E-state index contributed by atoms with van der Waals surface area (Å²) in [7, 11) is 0. The maximum Gasteiger partial charge on any atom is 0.331 e. The summed E-state index contributed by atoms with van der Waals surface area (Å²) >= 11 is 6.88. The molecule has 0 atom stereocenters. The fraction of sp³-hybridized carbons (Fsp3) is 0.250. The Morgan fingerprint density at radius 1 is 1.32 bits per heavy atom. The lowest BCUT2D eigenvalue weighted by Crippen LogP contribution is -2.40. The van der Waals surface area contributed by atoms with Gasteiger partial charge in [0.25, 0.3) is 5.56 Å². The van der Waals surface area contributed by atoms with E-state index in [1.807, 2.05) is 0 Å². The van der Waals surface area contributed by atoms with E-state index in [4.69, 9.17) is 11.6 Å². The van der Waals surface area contributed by atoms with Gasteiger partial charge in [-0.2, -0.15) is 0 Å². The number of nitrogens with zero attached hydrogens (tertiary/aromatic N) is 2. The molecule has 0 fully saturated rings. The molecule has 0 radical (unpaired) electrons. The van der Waals surface area contributed by atoms with Gasteiger partial charge in [0.2, 0.25) is 0 Å². The van der Waals surface area contributed by atoms with Gasteiger partial charge in [-0.15, -0.1) is 11.3 Å². The molecule has 0 saturated carbocycles. The van der Waals surface area contributed by atoms with E-state index in [0.29, 0.717) is 15.8 Å². The van der Waals surface area contributed by atoms with Gasteiger partial charge in [0.15, 0.2) is 5.78 Å². The van der Waals surface area contributed by atoms with Gasteiger partial charge in [0, 0.05) is 18.8 Å². The number of thiophene rings is 1. The second kappa shape index (κ2) is 5.54. The van der Waals surface area contributed by atoms with Crippen molar-refractivity contribution in [1.82, 2.24) is 9.13 Å². The van der Waals surface area contributed by atoms with Crippen molar-refractivity contribution in [3.63, 3.8) is 0 Å². The number of Topliss-reactive ketones (excluding diaryl/α,β-unsaturated/α-hetero) is 1. The molecule has 2 rings (SSSR count). The number of aryl methyl sites for hydroxylation is 1. The molecule has 0 amide bonds. The van der Waals surface area contributed by atoms with Crippen LogP contribution in [0.5, 0.6) is 0 Å². The number of aromatic nitrogens is 2. The lowest BCUT2D eigenvalue weighted by Gasteiger charge is -2.06. The van der Waals surface area contributed by atoms with E-state index >= 15 is 0 Å². The lowest BCUT2D eigenvalue weighted by atomic mass is 10.3. The topological polar surface area (TPSA) is 61.1 Å². The Hall–Kier alpha value is -1.66. The molecule has 0 aromatic carbocycles. The van der Waals surface area contributed by atoms with Crippen molar-refractivity contribution in [2.45, 2.75) is 20.0 Å². The normalized spacial score (nSPS) is 10.6. The molecular formula is C12H11ClN2O3S.